The number of nitrogens with zero attached hydrogens (tertiary/aromatic N) is 3. The number of aromatic nitrogens is 3. The number of hydrogen-bond acceptors (Lipinski definition) is 4. The fourth-order valence-electron chi connectivity index (χ4n) is 3.48. The lowest BCUT2D eigenvalue weighted by atomic mass is 10.1. The van der Waals surface area contributed by atoms with Gasteiger partial charge in [-0.15, -0.1) is 0 Å². The molecule has 2 heterocycles. The number of anilines is 2. The van der Waals surface area contributed by atoms with Gasteiger partial charge in [0.15, 0.2) is 0 Å². The third-order valence-electron chi connectivity index (χ3n) is 4.67. The Balaban J connectivity index is 1.97. The predicted molar refractivity (Wildman–Crippen MR) is 89.3 cm³/mol. The second kappa shape index (κ2) is 5.22. The molecule has 3 aromatic rings. The van der Waals surface area contributed by atoms with Crippen molar-refractivity contribution in [1.82, 2.24) is 14.5 Å². The van der Waals surface area contributed by atoms with E-state index in [0.29, 0.717) is 11.9 Å². The highest BCUT2D eigenvalue weighted by molar-refractivity contribution is 6.00. The number of nitrogen functional groups attached to an aromatic ring is 2. The van der Waals surface area contributed by atoms with E-state index in [1.54, 1.807) is 12.1 Å². The molecular formula is C17H18FN5. The van der Waals surface area contributed by atoms with Crippen LogP contribution >= 0.6 is 0 Å². The maximum Gasteiger partial charge on any atom is 0.146 e. The minimum Gasteiger partial charge on any atom is -0.396 e. The minimum absolute atomic E-state index is 0.137. The van der Waals surface area contributed by atoms with Crippen LogP contribution < -0.4 is 11.5 Å². The van der Waals surface area contributed by atoms with Crippen LogP contribution in [0.4, 0.5) is 15.9 Å². The third kappa shape index (κ3) is 2.21. The Kier molecular flexibility index (Phi) is 3.18. The molecule has 1 aliphatic rings. The zero-order valence-electron chi connectivity index (χ0n) is 12.7. The van der Waals surface area contributed by atoms with Crippen LogP contribution in [0.5, 0.6) is 0 Å². The molecule has 1 aliphatic carbocycles. The molecule has 0 radical (unpaired) electrons. The molecule has 23 heavy (non-hydrogen) atoms. The van der Waals surface area contributed by atoms with Gasteiger partial charge in [0.2, 0.25) is 0 Å². The maximum atomic E-state index is 13.9. The van der Waals surface area contributed by atoms with Gasteiger partial charge in [-0.1, -0.05) is 18.9 Å². The standard InChI is InChI=1S/C17H18FN5/c18-13-7-10(5-6-14(13)19)12-8-23(11-3-1-2-4-11)17-15(12)16(20)21-9-22-17/h5-9,11H,1-4,19H2,(H2,20,21,22). The van der Waals surface area contributed by atoms with Gasteiger partial charge in [-0.3, -0.25) is 0 Å². The van der Waals surface area contributed by atoms with E-state index in [1.165, 1.54) is 25.2 Å². The Morgan fingerprint density at radius 1 is 1.13 bits per heavy atom. The van der Waals surface area contributed by atoms with Crippen LogP contribution in [-0.4, -0.2) is 14.5 Å². The average molecular weight is 311 g/mol. The van der Waals surface area contributed by atoms with Crippen molar-refractivity contribution in [3.05, 3.63) is 36.5 Å². The number of nitrogens with two attached hydrogens (primary N) is 2. The molecule has 6 heteroatoms. The van der Waals surface area contributed by atoms with E-state index >= 15 is 0 Å². The van der Waals surface area contributed by atoms with Crippen LogP contribution in [0.15, 0.2) is 30.7 Å². The van der Waals surface area contributed by atoms with Gasteiger partial charge in [0.25, 0.3) is 0 Å². The Morgan fingerprint density at radius 2 is 1.91 bits per heavy atom. The molecule has 1 saturated carbocycles. The molecule has 4 rings (SSSR count). The van der Waals surface area contributed by atoms with Crippen LogP contribution in [0.3, 0.4) is 0 Å². The molecule has 0 amide bonds. The van der Waals surface area contributed by atoms with Crippen molar-refractivity contribution in [3.8, 4) is 11.1 Å². The van der Waals surface area contributed by atoms with Crippen molar-refractivity contribution in [2.75, 3.05) is 11.5 Å². The molecule has 1 fully saturated rings. The fourth-order valence-corrected chi connectivity index (χ4v) is 3.48. The molecule has 0 atom stereocenters. The van der Waals surface area contributed by atoms with E-state index in [9.17, 15) is 4.39 Å². The van der Waals surface area contributed by atoms with Gasteiger partial charge in [-0.05, 0) is 30.5 Å². The molecule has 2 aromatic heterocycles. The van der Waals surface area contributed by atoms with E-state index in [1.807, 2.05) is 6.20 Å². The van der Waals surface area contributed by atoms with Gasteiger partial charge < -0.3 is 16.0 Å². The Bertz CT molecular complexity index is 880. The quantitative estimate of drug-likeness (QED) is 0.709. The SMILES string of the molecule is Nc1ccc(-c2cn(C3CCCC3)c3ncnc(N)c23)cc1F. The topological polar surface area (TPSA) is 82.8 Å². The predicted octanol–water partition coefficient (Wildman–Crippen LogP) is 3.52. The summed E-state index contributed by atoms with van der Waals surface area (Å²) in [5.74, 6) is -0.0151. The minimum atomic E-state index is -0.431. The molecular weight excluding hydrogens is 293 g/mol. The van der Waals surface area contributed by atoms with Crippen molar-refractivity contribution in [3.63, 3.8) is 0 Å². The van der Waals surface area contributed by atoms with Gasteiger partial charge in [0.05, 0.1) is 11.1 Å². The summed E-state index contributed by atoms with van der Waals surface area (Å²) >= 11 is 0. The monoisotopic (exact) mass is 311 g/mol. The lowest BCUT2D eigenvalue weighted by Crippen LogP contribution is -2.04. The lowest BCUT2D eigenvalue weighted by molar-refractivity contribution is 0.532. The molecule has 118 valence electrons. The maximum absolute atomic E-state index is 13.9. The molecule has 1 aromatic carbocycles. The Hall–Kier alpha value is -2.63. The number of benzene rings is 1. The molecule has 5 nitrogen and oxygen atoms in total. The van der Waals surface area contributed by atoms with Crippen molar-refractivity contribution in [2.24, 2.45) is 0 Å². The van der Waals surface area contributed by atoms with Crippen molar-refractivity contribution in [2.45, 2.75) is 31.7 Å². The van der Waals surface area contributed by atoms with Gasteiger partial charge in [0.1, 0.15) is 23.6 Å². The molecule has 0 bridgehead atoms. The van der Waals surface area contributed by atoms with Gasteiger partial charge in [0, 0.05) is 17.8 Å². The summed E-state index contributed by atoms with van der Waals surface area (Å²) < 4.78 is 16.0. The smallest absolute Gasteiger partial charge is 0.146 e. The number of hydrogen-bond donors (Lipinski definition) is 2. The highest BCUT2D eigenvalue weighted by Gasteiger charge is 2.23. The second-order valence-corrected chi connectivity index (χ2v) is 6.08. The summed E-state index contributed by atoms with van der Waals surface area (Å²) in [5, 5.41) is 0.781. The van der Waals surface area contributed by atoms with Crippen LogP contribution in [0, 0.1) is 5.82 Å². The third-order valence-corrected chi connectivity index (χ3v) is 4.67. The van der Waals surface area contributed by atoms with E-state index < -0.39 is 5.82 Å². The van der Waals surface area contributed by atoms with Gasteiger partial charge in [-0.25, -0.2) is 14.4 Å². The summed E-state index contributed by atoms with van der Waals surface area (Å²) in [4.78, 5) is 8.53. The van der Waals surface area contributed by atoms with Crippen molar-refractivity contribution in [1.29, 1.82) is 0 Å². The zero-order valence-corrected chi connectivity index (χ0v) is 12.7. The zero-order chi connectivity index (χ0) is 16.0. The van der Waals surface area contributed by atoms with Crippen molar-refractivity contribution >= 4 is 22.5 Å². The Labute approximate surface area is 133 Å². The van der Waals surface area contributed by atoms with Crippen LogP contribution in [-0.2, 0) is 0 Å². The molecule has 4 N–H and O–H groups in total. The number of rotatable bonds is 2. The van der Waals surface area contributed by atoms with Crippen molar-refractivity contribution < 1.29 is 4.39 Å². The first-order valence-electron chi connectivity index (χ1n) is 7.81. The molecule has 0 spiro atoms. The Morgan fingerprint density at radius 3 is 2.65 bits per heavy atom. The summed E-state index contributed by atoms with van der Waals surface area (Å²) in [7, 11) is 0. The molecule has 0 unspecified atom stereocenters. The van der Waals surface area contributed by atoms with E-state index in [0.717, 1.165) is 35.0 Å². The fraction of sp³-hybridized carbons (Fsp3) is 0.294. The second-order valence-electron chi connectivity index (χ2n) is 6.08. The molecule has 0 saturated heterocycles. The average Bonchev–Trinajstić information content (AvgIpc) is 3.17. The molecule has 0 aliphatic heterocycles. The lowest BCUT2D eigenvalue weighted by Gasteiger charge is -2.12. The van der Waals surface area contributed by atoms with Crippen LogP contribution in [0.2, 0.25) is 0 Å². The highest BCUT2D eigenvalue weighted by Crippen LogP contribution is 2.38. The van der Waals surface area contributed by atoms with Crippen LogP contribution in [0.25, 0.3) is 22.2 Å². The largest absolute Gasteiger partial charge is 0.396 e. The van der Waals surface area contributed by atoms with E-state index in [2.05, 4.69) is 14.5 Å². The highest BCUT2D eigenvalue weighted by atomic mass is 19.1. The summed E-state index contributed by atoms with van der Waals surface area (Å²) in [6.45, 7) is 0. The first kappa shape index (κ1) is 14.0. The number of halogens is 1. The van der Waals surface area contributed by atoms with Crippen LogP contribution in [0.1, 0.15) is 31.7 Å². The number of fused-ring (bicyclic) bond motifs is 1. The normalized spacial score (nSPS) is 15.5. The van der Waals surface area contributed by atoms with E-state index in [4.69, 9.17) is 11.5 Å². The summed E-state index contributed by atoms with van der Waals surface area (Å²) in [6, 6.07) is 5.23. The first-order chi connectivity index (χ1) is 11.1. The van der Waals surface area contributed by atoms with Gasteiger partial charge >= 0.3 is 0 Å². The summed E-state index contributed by atoms with van der Waals surface area (Å²) in [6.07, 6.45) is 8.20. The van der Waals surface area contributed by atoms with E-state index in [-0.39, 0.29) is 5.69 Å². The van der Waals surface area contributed by atoms with Gasteiger partial charge in [-0.2, -0.15) is 0 Å². The summed E-state index contributed by atoms with van der Waals surface area (Å²) in [5.41, 5.74) is 14.2. The first-order valence-corrected chi connectivity index (χ1v) is 7.81.